The Balaban J connectivity index is 1.70. The van der Waals surface area contributed by atoms with Gasteiger partial charge in [-0.3, -0.25) is 0 Å². The van der Waals surface area contributed by atoms with E-state index >= 15 is 0 Å². The number of hydrogen-bond donors (Lipinski definition) is 0. The number of benzene rings is 1. The van der Waals surface area contributed by atoms with E-state index in [-0.39, 0.29) is 0 Å². The first kappa shape index (κ1) is 14.1. The van der Waals surface area contributed by atoms with Crippen molar-refractivity contribution in [2.24, 2.45) is 5.92 Å². The van der Waals surface area contributed by atoms with E-state index < -0.39 is 0 Å². The van der Waals surface area contributed by atoms with Crippen molar-refractivity contribution in [3.05, 3.63) is 58.9 Å². The van der Waals surface area contributed by atoms with E-state index in [1.165, 1.54) is 50.5 Å². The van der Waals surface area contributed by atoms with E-state index in [2.05, 4.69) is 47.9 Å². The molecule has 0 N–H and O–H groups in total. The monoisotopic (exact) mass is 293 g/mol. The molecule has 1 heteroatoms. The molecule has 0 spiro atoms. The molecule has 2 aliphatic carbocycles. The zero-order valence-corrected chi connectivity index (χ0v) is 13.7. The fraction of sp³-hybridized carbons (Fsp3) is 0.524. The van der Waals surface area contributed by atoms with Crippen molar-refractivity contribution in [2.45, 2.75) is 64.3 Å². The van der Waals surface area contributed by atoms with Gasteiger partial charge >= 0.3 is 0 Å². The second-order valence-corrected chi connectivity index (χ2v) is 7.21. The smallest absolute Gasteiger partial charge is 0.0475 e. The minimum Gasteiger partial charge on any atom is -0.344 e. The van der Waals surface area contributed by atoms with Crippen LogP contribution in [0.25, 0.3) is 0 Å². The highest BCUT2D eigenvalue weighted by atomic mass is 15.0. The number of fused-ring (bicyclic) bond motifs is 3. The van der Waals surface area contributed by atoms with Gasteiger partial charge in [0, 0.05) is 17.9 Å². The zero-order valence-electron chi connectivity index (χ0n) is 13.7. The number of nitrogens with zero attached hydrogens (tertiary/aromatic N) is 1. The second-order valence-electron chi connectivity index (χ2n) is 7.21. The highest BCUT2D eigenvalue weighted by Crippen LogP contribution is 2.47. The van der Waals surface area contributed by atoms with E-state index in [0.717, 1.165) is 18.4 Å². The summed E-state index contributed by atoms with van der Waals surface area (Å²) in [5.41, 5.74) is 6.39. The van der Waals surface area contributed by atoms with Gasteiger partial charge in [-0.1, -0.05) is 56.5 Å². The summed E-state index contributed by atoms with van der Waals surface area (Å²) in [6, 6.07) is 13.5. The van der Waals surface area contributed by atoms with E-state index in [1.807, 2.05) is 0 Å². The number of aryl methyl sites for hydroxylation is 1. The molecular weight excluding hydrogens is 266 g/mol. The lowest BCUT2D eigenvalue weighted by molar-refractivity contribution is 0.328. The number of hydrogen-bond acceptors (Lipinski definition) is 0. The molecule has 0 radical (unpaired) electrons. The minimum atomic E-state index is 0.872. The van der Waals surface area contributed by atoms with Crippen molar-refractivity contribution in [3.8, 4) is 0 Å². The molecule has 116 valence electrons. The maximum Gasteiger partial charge on any atom is 0.0475 e. The maximum absolute atomic E-state index is 2.66. The molecule has 0 saturated heterocycles. The van der Waals surface area contributed by atoms with Gasteiger partial charge < -0.3 is 4.57 Å². The van der Waals surface area contributed by atoms with Gasteiger partial charge in [0.05, 0.1) is 0 Å². The Kier molecular flexibility index (Phi) is 3.82. The topological polar surface area (TPSA) is 4.93 Å². The van der Waals surface area contributed by atoms with Crippen LogP contribution in [0, 0.1) is 5.92 Å². The molecule has 4 rings (SSSR count). The molecule has 2 aliphatic rings. The minimum absolute atomic E-state index is 0.872. The van der Waals surface area contributed by atoms with Gasteiger partial charge in [0.1, 0.15) is 0 Å². The second kappa shape index (κ2) is 5.95. The molecule has 22 heavy (non-hydrogen) atoms. The van der Waals surface area contributed by atoms with Gasteiger partial charge in [0.2, 0.25) is 0 Å². The molecule has 0 bridgehead atoms. The third-order valence-electron chi connectivity index (χ3n) is 5.78. The molecule has 2 atom stereocenters. The fourth-order valence-corrected chi connectivity index (χ4v) is 4.76. The van der Waals surface area contributed by atoms with Crippen molar-refractivity contribution in [2.75, 3.05) is 0 Å². The maximum atomic E-state index is 2.66. The van der Waals surface area contributed by atoms with Crippen LogP contribution in [0.4, 0.5) is 0 Å². The Bertz CT molecular complexity index is 637. The molecule has 2 aromatic rings. The lowest BCUT2D eigenvalue weighted by atomic mass is 9.80. The number of aromatic nitrogens is 1. The Morgan fingerprint density at radius 1 is 1.09 bits per heavy atom. The summed E-state index contributed by atoms with van der Waals surface area (Å²) in [6.45, 7) is 3.36. The van der Waals surface area contributed by atoms with Crippen LogP contribution < -0.4 is 0 Å². The average molecular weight is 293 g/mol. The summed E-state index contributed by atoms with van der Waals surface area (Å²) < 4.78 is 2.66. The van der Waals surface area contributed by atoms with Crippen LogP contribution in [-0.4, -0.2) is 4.57 Å². The standard InChI is InChI=1S/C21H27N/c1-2-8-18-14-20-19-12-7-6-11-17(19)13-21(20)22(18)15-16-9-4-3-5-10-16/h3-5,9-10,14,17,19H,2,6-8,11-13,15H2,1H3/t17-,19-/m0/s1. The third-order valence-corrected chi connectivity index (χ3v) is 5.78. The third kappa shape index (κ3) is 2.41. The van der Waals surface area contributed by atoms with Crippen molar-refractivity contribution < 1.29 is 0 Å². The van der Waals surface area contributed by atoms with E-state index in [0.29, 0.717) is 0 Å². The van der Waals surface area contributed by atoms with Crippen LogP contribution in [0.1, 0.15) is 67.5 Å². The van der Waals surface area contributed by atoms with E-state index in [1.54, 1.807) is 17.0 Å². The summed E-state index contributed by atoms with van der Waals surface area (Å²) in [4.78, 5) is 0. The van der Waals surface area contributed by atoms with Crippen LogP contribution in [0.15, 0.2) is 36.4 Å². The predicted molar refractivity (Wildman–Crippen MR) is 92.4 cm³/mol. The SMILES string of the molecule is CCCc1cc2c(n1Cc1ccccc1)C[C@@H]1CCCC[C@H]21. The largest absolute Gasteiger partial charge is 0.344 e. The summed E-state index contributed by atoms with van der Waals surface area (Å²) in [7, 11) is 0. The Morgan fingerprint density at radius 3 is 2.73 bits per heavy atom. The van der Waals surface area contributed by atoms with Crippen molar-refractivity contribution >= 4 is 0 Å². The van der Waals surface area contributed by atoms with E-state index in [4.69, 9.17) is 0 Å². The summed E-state index contributed by atoms with van der Waals surface area (Å²) in [5, 5.41) is 0. The molecule has 1 nitrogen and oxygen atoms in total. The molecule has 0 amide bonds. The zero-order chi connectivity index (χ0) is 14.9. The van der Waals surface area contributed by atoms with Crippen LogP contribution in [0.3, 0.4) is 0 Å². The molecule has 1 saturated carbocycles. The molecule has 1 fully saturated rings. The first-order valence-corrected chi connectivity index (χ1v) is 9.12. The fourth-order valence-electron chi connectivity index (χ4n) is 4.76. The lowest BCUT2D eigenvalue weighted by Crippen LogP contribution is -2.14. The summed E-state index contributed by atoms with van der Waals surface area (Å²) in [5.74, 6) is 1.81. The highest BCUT2D eigenvalue weighted by molar-refractivity contribution is 5.38. The van der Waals surface area contributed by atoms with Crippen molar-refractivity contribution in [3.63, 3.8) is 0 Å². The normalized spacial score (nSPS) is 23.3. The van der Waals surface area contributed by atoms with Gasteiger partial charge in [0.15, 0.2) is 0 Å². The number of rotatable bonds is 4. The molecule has 1 aromatic carbocycles. The van der Waals surface area contributed by atoms with Gasteiger partial charge in [0.25, 0.3) is 0 Å². The van der Waals surface area contributed by atoms with Crippen LogP contribution in [0.2, 0.25) is 0 Å². The Labute approximate surface area is 134 Å². The van der Waals surface area contributed by atoms with Gasteiger partial charge in [-0.15, -0.1) is 0 Å². The molecule has 1 aromatic heterocycles. The molecule has 0 aliphatic heterocycles. The van der Waals surface area contributed by atoms with Gasteiger partial charge in [-0.2, -0.15) is 0 Å². The first-order valence-electron chi connectivity index (χ1n) is 9.12. The summed E-state index contributed by atoms with van der Waals surface area (Å²) >= 11 is 0. The van der Waals surface area contributed by atoms with Gasteiger partial charge in [-0.25, -0.2) is 0 Å². The molecule has 0 unspecified atom stereocenters. The predicted octanol–water partition coefficient (Wildman–Crippen LogP) is 5.32. The lowest BCUT2D eigenvalue weighted by Gasteiger charge is -2.25. The summed E-state index contributed by atoms with van der Waals surface area (Å²) in [6.07, 6.45) is 9.56. The Hall–Kier alpha value is -1.50. The average Bonchev–Trinajstić information content (AvgIpc) is 3.06. The van der Waals surface area contributed by atoms with Crippen molar-refractivity contribution in [1.82, 2.24) is 4.57 Å². The Morgan fingerprint density at radius 2 is 1.91 bits per heavy atom. The molecular formula is C21H27N. The van der Waals surface area contributed by atoms with Crippen LogP contribution in [-0.2, 0) is 19.4 Å². The van der Waals surface area contributed by atoms with Crippen molar-refractivity contribution in [1.29, 1.82) is 0 Å². The van der Waals surface area contributed by atoms with Crippen LogP contribution in [0.5, 0.6) is 0 Å². The van der Waals surface area contributed by atoms with E-state index in [9.17, 15) is 0 Å². The quantitative estimate of drug-likeness (QED) is 0.719. The first-order chi connectivity index (χ1) is 10.9. The molecule has 1 heterocycles. The highest BCUT2D eigenvalue weighted by Gasteiger charge is 2.37. The van der Waals surface area contributed by atoms with Gasteiger partial charge in [-0.05, 0) is 54.7 Å². The van der Waals surface area contributed by atoms with Crippen LogP contribution >= 0.6 is 0 Å².